The van der Waals surface area contributed by atoms with Gasteiger partial charge in [0.25, 0.3) is 5.91 Å². The van der Waals surface area contributed by atoms with Gasteiger partial charge in [0.05, 0.1) is 12.3 Å². The molecule has 3 heterocycles. The third-order valence-corrected chi connectivity index (χ3v) is 5.12. The van der Waals surface area contributed by atoms with Gasteiger partial charge in [-0.3, -0.25) is 4.79 Å². The van der Waals surface area contributed by atoms with E-state index >= 15 is 0 Å². The van der Waals surface area contributed by atoms with E-state index < -0.39 is 0 Å². The predicted molar refractivity (Wildman–Crippen MR) is 116 cm³/mol. The van der Waals surface area contributed by atoms with Crippen molar-refractivity contribution < 1.29 is 14.3 Å². The number of hydrogen-bond donors (Lipinski definition) is 3. The molecule has 0 unspecified atom stereocenters. The third kappa shape index (κ3) is 4.91. The van der Waals surface area contributed by atoms with Crippen molar-refractivity contribution in [2.45, 2.75) is 26.2 Å². The van der Waals surface area contributed by atoms with Gasteiger partial charge in [-0.05, 0) is 45.3 Å². The number of carbonyl (C=O) groups is 1. The van der Waals surface area contributed by atoms with Crippen molar-refractivity contribution in [3.8, 4) is 11.5 Å². The number of nitrogens with zero attached hydrogens (tertiary/aromatic N) is 3. The number of likely N-dealkylation sites (tertiary alicyclic amines) is 1. The maximum atomic E-state index is 11.8. The summed E-state index contributed by atoms with van der Waals surface area (Å²) in [5, 5.41) is 9.07. The number of anilines is 4. The van der Waals surface area contributed by atoms with E-state index in [1.54, 1.807) is 6.07 Å². The van der Waals surface area contributed by atoms with Crippen molar-refractivity contribution in [3.63, 3.8) is 0 Å². The van der Waals surface area contributed by atoms with Gasteiger partial charge in [0, 0.05) is 37.1 Å². The number of nitrogens with one attached hydrogen (secondary N) is 3. The van der Waals surface area contributed by atoms with Crippen LogP contribution in [0, 0.1) is 6.92 Å². The average Bonchev–Trinajstić information content (AvgIpc) is 3.24. The molecule has 1 aromatic carbocycles. The summed E-state index contributed by atoms with van der Waals surface area (Å²) in [6.45, 7) is 5.85. The van der Waals surface area contributed by atoms with Crippen molar-refractivity contribution >= 4 is 29.0 Å². The summed E-state index contributed by atoms with van der Waals surface area (Å²) in [4.78, 5) is 23.1. The second-order valence-corrected chi connectivity index (χ2v) is 7.53. The van der Waals surface area contributed by atoms with Gasteiger partial charge in [0.2, 0.25) is 5.95 Å². The first-order valence-electron chi connectivity index (χ1n) is 10.4. The number of aryl methyl sites for hydroxylation is 1. The molecule has 9 heteroatoms. The first kappa shape index (κ1) is 20.2. The number of aromatic nitrogens is 2. The van der Waals surface area contributed by atoms with Crippen molar-refractivity contribution in [3.05, 3.63) is 23.9 Å². The molecule has 4 rings (SSSR count). The first-order chi connectivity index (χ1) is 14.6. The minimum absolute atomic E-state index is 0.0174. The van der Waals surface area contributed by atoms with Gasteiger partial charge >= 0.3 is 0 Å². The van der Waals surface area contributed by atoms with Gasteiger partial charge in [-0.25, -0.2) is 4.98 Å². The quantitative estimate of drug-likeness (QED) is 0.569. The molecule has 1 aromatic heterocycles. The summed E-state index contributed by atoms with van der Waals surface area (Å²) in [6, 6.07) is 5.52. The molecule has 0 saturated carbocycles. The highest BCUT2D eigenvalue weighted by Crippen LogP contribution is 2.41. The van der Waals surface area contributed by atoms with E-state index in [0.717, 1.165) is 24.5 Å². The van der Waals surface area contributed by atoms with E-state index in [4.69, 9.17) is 9.47 Å². The van der Waals surface area contributed by atoms with Gasteiger partial charge in [-0.2, -0.15) is 4.98 Å². The van der Waals surface area contributed by atoms with Crippen molar-refractivity contribution in [1.82, 2.24) is 14.9 Å². The molecule has 2 aliphatic heterocycles. The number of fused-ring (bicyclic) bond motifs is 1. The van der Waals surface area contributed by atoms with Crippen LogP contribution in [0.25, 0.3) is 0 Å². The lowest BCUT2D eigenvalue weighted by atomic mass is 10.2. The molecule has 1 saturated heterocycles. The predicted octanol–water partition coefficient (Wildman–Crippen LogP) is 2.77. The van der Waals surface area contributed by atoms with Crippen LogP contribution in [0.4, 0.5) is 23.1 Å². The second kappa shape index (κ2) is 9.17. The van der Waals surface area contributed by atoms with Crippen LogP contribution in [0.2, 0.25) is 0 Å². The van der Waals surface area contributed by atoms with E-state index in [1.165, 1.54) is 25.9 Å². The lowest BCUT2D eigenvalue weighted by Gasteiger charge is -2.22. The number of ether oxygens (including phenoxy) is 2. The molecular formula is C21H28N6O3. The summed E-state index contributed by atoms with van der Waals surface area (Å²) >= 11 is 0. The van der Waals surface area contributed by atoms with Gasteiger partial charge in [0.1, 0.15) is 5.82 Å². The number of carbonyl (C=O) groups excluding carboxylic acids is 1. The Morgan fingerprint density at radius 2 is 2.07 bits per heavy atom. The molecule has 1 amide bonds. The van der Waals surface area contributed by atoms with Crippen LogP contribution >= 0.6 is 0 Å². The average molecular weight is 412 g/mol. The van der Waals surface area contributed by atoms with Gasteiger partial charge in [-0.1, -0.05) is 0 Å². The fourth-order valence-corrected chi connectivity index (χ4v) is 3.71. The minimum atomic E-state index is -0.191. The number of hydrogen-bond acceptors (Lipinski definition) is 8. The lowest BCUT2D eigenvalue weighted by molar-refractivity contribution is -0.118. The first-order valence-corrected chi connectivity index (χ1v) is 10.4. The third-order valence-electron chi connectivity index (χ3n) is 5.12. The summed E-state index contributed by atoms with van der Waals surface area (Å²) in [6.07, 6.45) is 3.50. The Bertz CT molecular complexity index is 914. The Hall–Kier alpha value is -3.07. The summed E-state index contributed by atoms with van der Waals surface area (Å²) in [5.41, 5.74) is 2.12. The van der Waals surface area contributed by atoms with Gasteiger partial charge in [0.15, 0.2) is 18.1 Å². The van der Waals surface area contributed by atoms with Crippen molar-refractivity contribution in [2.75, 3.05) is 55.8 Å². The summed E-state index contributed by atoms with van der Waals surface area (Å²) in [5.74, 6) is 2.14. The Morgan fingerprint density at radius 1 is 1.23 bits per heavy atom. The molecule has 0 aliphatic carbocycles. The highest BCUT2D eigenvalue weighted by Gasteiger charge is 2.22. The maximum absolute atomic E-state index is 11.8. The van der Waals surface area contributed by atoms with Crippen molar-refractivity contribution in [2.24, 2.45) is 0 Å². The fraction of sp³-hybridized carbons (Fsp3) is 0.476. The molecule has 0 spiro atoms. The number of amides is 1. The standard InChI is InChI=1S/C21H28N6O3/c1-14-10-18(22-2)26-21(23-14)24-15-11-16-20(30-13-19(28)25-16)17(12-15)29-9-5-8-27-6-3-4-7-27/h10-12H,3-9,13H2,1-2H3,(H,25,28)(H2,22,23,24,26). The topological polar surface area (TPSA) is 101 Å². The van der Waals surface area contributed by atoms with Crippen LogP contribution < -0.4 is 25.4 Å². The minimum Gasteiger partial charge on any atom is -0.489 e. The molecule has 3 N–H and O–H groups in total. The smallest absolute Gasteiger partial charge is 0.262 e. The summed E-state index contributed by atoms with van der Waals surface area (Å²) in [7, 11) is 1.81. The second-order valence-electron chi connectivity index (χ2n) is 7.53. The lowest BCUT2D eigenvalue weighted by Crippen LogP contribution is -2.26. The zero-order valence-corrected chi connectivity index (χ0v) is 17.5. The number of rotatable bonds is 8. The van der Waals surface area contributed by atoms with Crippen LogP contribution in [0.15, 0.2) is 18.2 Å². The van der Waals surface area contributed by atoms with E-state index in [9.17, 15) is 4.79 Å². The molecule has 160 valence electrons. The fourth-order valence-electron chi connectivity index (χ4n) is 3.71. The largest absolute Gasteiger partial charge is 0.489 e. The van der Waals surface area contributed by atoms with Gasteiger partial charge < -0.3 is 30.3 Å². The molecule has 0 radical (unpaired) electrons. The monoisotopic (exact) mass is 412 g/mol. The molecule has 2 aliphatic rings. The molecule has 30 heavy (non-hydrogen) atoms. The molecule has 2 aromatic rings. The number of benzene rings is 1. The van der Waals surface area contributed by atoms with E-state index in [1.807, 2.05) is 26.1 Å². The van der Waals surface area contributed by atoms with Crippen LogP contribution in [-0.2, 0) is 4.79 Å². The SMILES string of the molecule is CNc1cc(C)nc(Nc2cc3c(c(OCCCN4CCCC4)c2)OCC(=O)N3)n1. The summed E-state index contributed by atoms with van der Waals surface area (Å²) < 4.78 is 11.7. The maximum Gasteiger partial charge on any atom is 0.262 e. The zero-order valence-electron chi connectivity index (χ0n) is 17.5. The van der Waals surface area contributed by atoms with Crippen LogP contribution in [0.3, 0.4) is 0 Å². The Balaban J connectivity index is 1.50. The van der Waals surface area contributed by atoms with Crippen molar-refractivity contribution in [1.29, 1.82) is 0 Å². The Morgan fingerprint density at radius 3 is 2.87 bits per heavy atom. The molecule has 0 bridgehead atoms. The Labute approximate surface area is 176 Å². The van der Waals surface area contributed by atoms with E-state index in [0.29, 0.717) is 35.4 Å². The normalized spacial score (nSPS) is 15.9. The van der Waals surface area contributed by atoms with Gasteiger partial charge in [-0.15, -0.1) is 0 Å². The zero-order chi connectivity index (χ0) is 20.9. The van der Waals surface area contributed by atoms with Crippen LogP contribution in [-0.4, -0.2) is 60.7 Å². The van der Waals surface area contributed by atoms with E-state index in [2.05, 4.69) is 30.8 Å². The van der Waals surface area contributed by atoms with Crippen LogP contribution in [0.5, 0.6) is 11.5 Å². The van der Waals surface area contributed by atoms with Crippen LogP contribution in [0.1, 0.15) is 25.0 Å². The Kier molecular flexibility index (Phi) is 6.18. The molecular weight excluding hydrogens is 384 g/mol. The molecule has 9 nitrogen and oxygen atoms in total. The highest BCUT2D eigenvalue weighted by molar-refractivity contribution is 5.97. The molecule has 0 atom stereocenters. The van der Waals surface area contributed by atoms with E-state index in [-0.39, 0.29) is 12.5 Å². The molecule has 1 fully saturated rings. The highest BCUT2D eigenvalue weighted by atomic mass is 16.5.